The van der Waals surface area contributed by atoms with Crippen LogP contribution in [0.1, 0.15) is 38.5 Å². The van der Waals surface area contributed by atoms with Gasteiger partial charge in [0.05, 0.1) is 13.2 Å². The van der Waals surface area contributed by atoms with Crippen molar-refractivity contribution in [1.82, 2.24) is 15.1 Å². The number of rotatable bonds is 6. The van der Waals surface area contributed by atoms with Crippen LogP contribution in [0.4, 0.5) is 0 Å². The van der Waals surface area contributed by atoms with Gasteiger partial charge in [-0.15, -0.1) is 0 Å². The van der Waals surface area contributed by atoms with Crippen LogP contribution in [0.3, 0.4) is 0 Å². The Labute approximate surface area is 123 Å². The van der Waals surface area contributed by atoms with E-state index < -0.39 is 0 Å². The minimum absolute atomic E-state index is 0.596. The highest BCUT2D eigenvalue weighted by atomic mass is 16.5. The first-order valence-electron chi connectivity index (χ1n) is 8.58. The second kappa shape index (κ2) is 7.21. The van der Waals surface area contributed by atoms with Gasteiger partial charge in [0.1, 0.15) is 0 Å². The Hall–Kier alpha value is -0.160. The van der Waals surface area contributed by atoms with Crippen LogP contribution in [0.25, 0.3) is 0 Å². The van der Waals surface area contributed by atoms with Gasteiger partial charge in [-0.1, -0.05) is 6.42 Å². The van der Waals surface area contributed by atoms with Gasteiger partial charge >= 0.3 is 0 Å². The number of nitrogens with one attached hydrogen (secondary N) is 1. The lowest BCUT2D eigenvalue weighted by molar-refractivity contribution is -0.0111. The molecule has 0 aromatic carbocycles. The average molecular weight is 281 g/mol. The zero-order valence-electron chi connectivity index (χ0n) is 13.0. The topological polar surface area (TPSA) is 27.7 Å². The van der Waals surface area contributed by atoms with Gasteiger partial charge in [0.15, 0.2) is 0 Å². The molecule has 0 spiro atoms. The number of hydrogen-bond donors (Lipinski definition) is 1. The SMILES string of the molecule is CN1CCCCC1CCN1CCOCC1CNC1CC1. The Morgan fingerprint density at radius 2 is 2.00 bits per heavy atom. The van der Waals surface area contributed by atoms with Crippen LogP contribution in [0, 0.1) is 0 Å². The fourth-order valence-electron chi connectivity index (χ4n) is 3.59. The van der Waals surface area contributed by atoms with Crippen LogP contribution in [-0.2, 0) is 4.74 Å². The molecule has 3 rings (SSSR count). The van der Waals surface area contributed by atoms with Gasteiger partial charge in [-0.05, 0) is 45.7 Å². The van der Waals surface area contributed by atoms with Crippen LogP contribution in [0.15, 0.2) is 0 Å². The van der Waals surface area contributed by atoms with Crippen molar-refractivity contribution >= 4 is 0 Å². The first-order chi connectivity index (χ1) is 9.83. The van der Waals surface area contributed by atoms with Crippen molar-refractivity contribution in [3.8, 4) is 0 Å². The van der Waals surface area contributed by atoms with Crippen molar-refractivity contribution in [3.05, 3.63) is 0 Å². The van der Waals surface area contributed by atoms with Crippen LogP contribution in [0.5, 0.6) is 0 Å². The molecule has 1 saturated carbocycles. The smallest absolute Gasteiger partial charge is 0.0634 e. The van der Waals surface area contributed by atoms with Crippen LogP contribution in [-0.4, -0.2) is 74.4 Å². The molecule has 1 aliphatic carbocycles. The summed E-state index contributed by atoms with van der Waals surface area (Å²) in [4.78, 5) is 5.24. The second-order valence-corrected chi connectivity index (χ2v) is 6.87. The summed E-state index contributed by atoms with van der Waals surface area (Å²) >= 11 is 0. The molecule has 0 radical (unpaired) electrons. The van der Waals surface area contributed by atoms with E-state index >= 15 is 0 Å². The number of hydrogen-bond acceptors (Lipinski definition) is 4. The Bertz CT molecular complexity index is 295. The lowest BCUT2D eigenvalue weighted by atomic mass is 9.99. The minimum atomic E-state index is 0.596. The molecule has 0 bridgehead atoms. The van der Waals surface area contributed by atoms with E-state index in [1.54, 1.807) is 0 Å². The van der Waals surface area contributed by atoms with E-state index in [2.05, 4.69) is 22.2 Å². The molecule has 2 heterocycles. The van der Waals surface area contributed by atoms with Crippen molar-refractivity contribution in [3.63, 3.8) is 0 Å². The van der Waals surface area contributed by atoms with E-state index in [1.165, 1.54) is 51.6 Å². The zero-order chi connectivity index (χ0) is 13.8. The molecule has 116 valence electrons. The Balaban J connectivity index is 1.43. The minimum Gasteiger partial charge on any atom is -0.378 e. The lowest BCUT2D eigenvalue weighted by Gasteiger charge is -2.38. The summed E-state index contributed by atoms with van der Waals surface area (Å²) in [7, 11) is 2.30. The van der Waals surface area contributed by atoms with Gasteiger partial charge in [-0.2, -0.15) is 0 Å². The molecule has 4 heteroatoms. The van der Waals surface area contributed by atoms with Crippen molar-refractivity contribution in [2.75, 3.05) is 46.4 Å². The van der Waals surface area contributed by atoms with E-state index in [0.29, 0.717) is 6.04 Å². The molecule has 1 N–H and O–H groups in total. The van der Waals surface area contributed by atoms with E-state index in [0.717, 1.165) is 38.4 Å². The van der Waals surface area contributed by atoms with Crippen LogP contribution in [0.2, 0.25) is 0 Å². The van der Waals surface area contributed by atoms with Gasteiger partial charge < -0.3 is 15.0 Å². The molecule has 0 aromatic heterocycles. The molecule has 0 amide bonds. The summed E-state index contributed by atoms with van der Waals surface area (Å²) in [6, 6.07) is 2.21. The molecule has 3 fully saturated rings. The van der Waals surface area contributed by atoms with Gasteiger partial charge in [-0.25, -0.2) is 0 Å². The number of piperidine rings is 1. The highest BCUT2D eigenvalue weighted by Gasteiger charge is 2.28. The molecule has 2 atom stereocenters. The van der Waals surface area contributed by atoms with Crippen molar-refractivity contribution in [2.45, 2.75) is 56.7 Å². The van der Waals surface area contributed by atoms with Crippen LogP contribution < -0.4 is 5.32 Å². The van der Waals surface area contributed by atoms with Gasteiger partial charge in [0.25, 0.3) is 0 Å². The molecule has 4 nitrogen and oxygen atoms in total. The zero-order valence-corrected chi connectivity index (χ0v) is 13.0. The third kappa shape index (κ3) is 4.17. The first kappa shape index (κ1) is 14.8. The summed E-state index contributed by atoms with van der Waals surface area (Å²) < 4.78 is 5.69. The van der Waals surface area contributed by atoms with Gasteiger partial charge in [0.2, 0.25) is 0 Å². The number of morpholine rings is 1. The standard InChI is InChI=1S/C16H31N3O/c1-18-8-3-2-4-15(18)7-9-19-10-11-20-13-16(19)12-17-14-5-6-14/h14-17H,2-13H2,1H3. The molecular weight excluding hydrogens is 250 g/mol. The van der Waals surface area contributed by atoms with Gasteiger partial charge in [0, 0.05) is 37.8 Å². The molecule has 0 aromatic rings. The van der Waals surface area contributed by atoms with E-state index in [1.807, 2.05) is 0 Å². The highest BCUT2D eigenvalue weighted by molar-refractivity contribution is 4.86. The molecule has 2 aliphatic heterocycles. The van der Waals surface area contributed by atoms with E-state index in [9.17, 15) is 0 Å². The summed E-state index contributed by atoms with van der Waals surface area (Å²) in [6.45, 7) is 6.61. The molecule has 3 aliphatic rings. The first-order valence-corrected chi connectivity index (χ1v) is 8.58. The maximum absolute atomic E-state index is 5.69. The fourth-order valence-corrected chi connectivity index (χ4v) is 3.59. The van der Waals surface area contributed by atoms with Crippen molar-refractivity contribution in [2.24, 2.45) is 0 Å². The summed E-state index contributed by atoms with van der Waals surface area (Å²) in [5, 5.41) is 3.67. The number of nitrogens with zero attached hydrogens (tertiary/aromatic N) is 2. The van der Waals surface area contributed by atoms with E-state index in [4.69, 9.17) is 4.74 Å². The van der Waals surface area contributed by atoms with Crippen molar-refractivity contribution < 1.29 is 4.74 Å². The predicted octanol–water partition coefficient (Wildman–Crippen LogP) is 1.31. The normalized spacial score (nSPS) is 33.5. The molecule has 20 heavy (non-hydrogen) atoms. The predicted molar refractivity (Wildman–Crippen MR) is 82.1 cm³/mol. The maximum Gasteiger partial charge on any atom is 0.0634 e. The van der Waals surface area contributed by atoms with Gasteiger partial charge in [-0.3, -0.25) is 4.90 Å². The molecule has 2 saturated heterocycles. The average Bonchev–Trinajstić information content (AvgIpc) is 3.29. The van der Waals surface area contributed by atoms with Crippen molar-refractivity contribution in [1.29, 1.82) is 0 Å². The highest BCUT2D eigenvalue weighted by Crippen LogP contribution is 2.21. The monoisotopic (exact) mass is 281 g/mol. The largest absolute Gasteiger partial charge is 0.378 e. The third-order valence-electron chi connectivity index (χ3n) is 5.24. The summed E-state index contributed by atoms with van der Waals surface area (Å²) in [6.07, 6.45) is 8.28. The fraction of sp³-hybridized carbons (Fsp3) is 1.00. The summed E-state index contributed by atoms with van der Waals surface area (Å²) in [5.74, 6) is 0. The second-order valence-electron chi connectivity index (χ2n) is 6.87. The Kier molecular flexibility index (Phi) is 5.32. The lowest BCUT2D eigenvalue weighted by Crippen LogP contribution is -2.52. The third-order valence-corrected chi connectivity index (χ3v) is 5.24. The maximum atomic E-state index is 5.69. The summed E-state index contributed by atoms with van der Waals surface area (Å²) in [5.41, 5.74) is 0. The van der Waals surface area contributed by atoms with Crippen LogP contribution >= 0.6 is 0 Å². The Morgan fingerprint density at radius 1 is 1.10 bits per heavy atom. The van der Waals surface area contributed by atoms with E-state index in [-0.39, 0.29) is 0 Å². The quantitative estimate of drug-likeness (QED) is 0.794. The molecular formula is C16H31N3O. The number of ether oxygens (including phenoxy) is 1. The Morgan fingerprint density at radius 3 is 2.80 bits per heavy atom. The number of likely N-dealkylation sites (tertiary alicyclic amines) is 1. The molecule has 2 unspecified atom stereocenters.